The number of halogens is 1. The minimum atomic E-state index is -0.167. The molecule has 2 rings (SSSR count). The van der Waals surface area contributed by atoms with Crippen molar-refractivity contribution >= 4 is 11.6 Å². The molecule has 0 aliphatic heterocycles. The van der Waals surface area contributed by atoms with Gasteiger partial charge in [-0.2, -0.15) is 0 Å². The molecule has 0 aliphatic rings. The van der Waals surface area contributed by atoms with Gasteiger partial charge in [0, 0.05) is 11.1 Å². The lowest BCUT2D eigenvalue weighted by molar-refractivity contribution is 0.171. The quantitative estimate of drug-likeness (QED) is 0.879. The van der Waals surface area contributed by atoms with Crippen molar-refractivity contribution in [3.8, 4) is 5.75 Å². The van der Waals surface area contributed by atoms with E-state index in [0.29, 0.717) is 5.02 Å². The first kappa shape index (κ1) is 14.9. The first-order valence-corrected chi connectivity index (χ1v) is 7.22. The van der Waals surface area contributed by atoms with E-state index in [4.69, 9.17) is 22.1 Å². The maximum atomic E-state index is 6.21. The second kappa shape index (κ2) is 6.78. The van der Waals surface area contributed by atoms with E-state index in [9.17, 15) is 0 Å². The molecule has 2 aromatic carbocycles. The standard InChI is InChI=1S/C17H20ClNO/c1-3-16(19)17(13-6-8-14(18)9-7-13)20-15-10-4-12(2)5-11-15/h4-11,16-17H,3,19H2,1-2H3. The average molecular weight is 290 g/mol. The first-order chi connectivity index (χ1) is 9.60. The first-order valence-electron chi connectivity index (χ1n) is 6.84. The van der Waals surface area contributed by atoms with Gasteiger partial charge in [-0.3, -0.25) is 0 Å². The number of ether oxygens (including phenoxy) is 1. The van der Waals surface area contributed by atoms with Gasteiger partial charge in [0.1, 0.15) is 11.9 Å². The van der Waals surface area contributed by atoms with Crippen LogP contribution in [0.15, 0.2) is 48.5 Å². The second-order valence-corrected chi connectivity index (χ2v) is 5.41. The van der Waals surface area contributed by atoms with Crippen LogP contribution >= 0.6 is 11.6 Å². The summed E-state index contributed by atoms with van der Waals surface area (Å²) in [5, 5.41) is 0.716. The molecule has 0 aliphatic carbocycles. The Balaban J connectivity index is 2.23. The molecular formula is C17H20ClNO. The minimum absolute atomic E-state index is 0.0579. The van der Waals surface area contributed by atoms with E-state index in [1.807, 2.05) is 48.5 Å². The van der Waals surface area contributed by atoms with Gasteiger partial charge >= 0.3 is 0 Å². The molecule has 0 spiro atoms. The van der Waals surface area contributed by atoms with Gasteiger partial charge in [0.15, 0.2) is 0 Å². The van der Waals surface area contributed by atoms with Gasteiger partial charge in [-0.1, -0.05) is 48.4 Å². The number of hydrogen-bond acceptors (Lipinski definition) is 2. The monoisotopic (exact) mass is 289 g/mol. The number of hydrogen-bond donors (Lipinski definition) is 1. The molecule has 0 bridgehead atoms. The molecule has 0 aromatic heterocycles. The summed E-state index contributed by atoms with van der Waals surface area (Å²) in [6.07, 6.45) is 0.680. The predicted octanol–water partition coefficient (Wildman–Crippen LogP) is 4.51. The SMILES string of the molecule is CCC(N)C(Oc1ccc(C)cc1)c1ccc(Cl)cc1. The van der Waals surface area contributed by atoms with E-state index in [2.05, 4.69) is 13.8 Å². The van der Waals surface area contributed by atoms with E-state index in [0.717, 1.165) is 17.7 Å². The predicted molar refractivity (Wildman–Crippen MR) is 84.3 cm³/mol. The summed E-state index contributed by atoms with van der Waals surface area (Å²) >= 11 is 5.94. The van der Waals surface area contributed by atoms with E-state index in [1.54, 1.807) is 0 Å². The van der Waals surface area contributed by atoms with Crippen LogP contribution in [0.2, 0.25) is 5.02 Å². The molecule has 106 valence electrons. The zero-order valence-electron chi connectivity index (χ0n) is 11.8. The Morgan fingerprint density at radius 3 is 2.20 bits per heavy atom. The Kier molecular flexibility index (Phi) is 5.05. The van der Waals surface area contributed by atoms with E-state index < -0.39 is 0 Å². The molecule has 0 amide bonds. The summed E-state index contributed by atoms with van der Waals surface area (Å²) in [7, 11) is 0. The summed E-state index contributed by atoms with van der Waals surface area (Å²) in [6.45, 7) is 4.12. The van der Waals surface area contributed by atoms with Gasteiger partial charge in [-0.05, 0) is 43.2 Å². The highest BCUT2D eigenvalue weighted by molar-refractivity contribution is 6.30. The number of nitrogens with two attached hydrogens (primary N) is 1. The Morgan fingerprint density at radius 2 is 1.65 bits per heavy atom. The summed E-state index contributed by atoms with van der Waals surface area (Å²) in [6, 6.07) is 15.6. The van der Waals surface area contributed by atoms with Gasteiger partial charge in [0.25, 0.3) is 0 Å². The van der Waals surface area contributed by atoms with Gasteiger partial charge in [-0.25, -0.2) is 0 Å². The van der Waals surface area contributed by atoms with Crippen molar-refractivity contribution in [2.75, 3.05) is 0 Å². The van der Waals surface area contributed by atoms with E-state index in [1.165, 1.54) is 5.56 Å². The normalized spacial score (nSPS) is 13.8. The topological polar surface area (TPSA) is 35.2 Å². The van der Waals surface area contributed by atoms with Crippen molar-refractivity contribution in [1.29, 1.82) is 0 Å². The molecule has 0 radical (unpaired) electrons. The maximum Gasteiger partial charge on any atom is 0.139 e. The summed E-state index contributed by atoms with van der Waals surface area (Å²) in [4.78, 5) is 0. The van der Waals surface area contributed by atoms with Gasteiger partial charge < -0.3 is 10.5 Å². The lowest BCUT2D eigenvalue weighted by Crippen LogP contribution is -2.31. The van der Waals surface area contributed by atoms with Crippen molar-refractivity contribution in [2.24, 2.45) is 5.73 Å². The third-order valence-electron chi connectivity index (χ3n) is 3.34. The summed E-state index contributed by atoms with van der Waals surface area (Å²) in [5.41, 5.74) is 8.46. The third-order valence-corrected chi connectivity index (χ3v) is 3.59. The maximum absolute atomic E-state index is 6.21. The van der Waals surface area contributed by atoms with E-state index in [-0.39, 0.29) is 12.1 Å². The van der Waals surface area contributed by atoms with Crippen molar-refractivity contribution in [2.45, 2.75) is 32.4 Å². The largest absolute Gasteiger partial charge is 0.484 e. The van der Waals surface area contributed by atoms with Crippen LogP contribution in [0.25, 0.3) is 0 Å². The fourth-order valence-electron chi connectivity index (χ4n) is 2.03. The van der Waals surface area contributed by atoms with Crippen molar-refractivity contribution in [1.82, 2.24) is 0 Å². The summed E-state index contributed by atoms with van der Waals surface area (Å²) in [5.74, 6) is 0.833. The lowest BCUT2D eigenvalue weighted by atomic mass is 10.0. The van der Waals surface area contributed by atoms with Crippen LogP contribution in [-0.4, -0.2) is 6.04 Å². The Hall–Kier alpha value is -1.51. The molecule has 2 nitrogen and oxygen atoms in total. The third kappa shape index (κ3) is 3.75. The fourth-order valence-corrected chi connectivity index (χ4v) is 2.16. The highest BCUT2D eigenvalue weighted by Gasteiger charge is 2.20. The number of benzene rings is 2. The molecule has 0 saturated carbocycles. The molecule has 2 atom stereocenters. The fraction of sp³-hybridized carbons (Fsp3) is 0.294. The van der Waals surface area contributed by atoms with Crippen LogP contribution in [-0.2, 0) is 0 Å². The average Bonchev–Trinajstić information content (AvgIpc) is 2.47. The Morgan fingerprint density at radius 1 is 1.05 bits per heavy atom. The van der Waals surface area contributed by atoms with Crippen LogP contribution < -0.4 is 10.5 Å². The molecule has 0 saturated heterocycles. The molecule has 2 aromatic rings. The van der Waals surface area contributed by atoms with Gasteiger partial charge in [-0.15, -0.1) is 0 Å². The van der Waals surface area contributed by atoms with Gasteiger partial charge in [0.2, 0.25) is 0 Å². The molecule has 2 unspecified atom stereocenters. The lowest BCUT2D eigenvalue weighted by Gasteiger charge is -2.25. The highest BCUT2D eigenvalue weighted by Crippen LogP contribution is 2.26. The zero-order valence-corrected chi connectivity index (χ0v) is 12.6. The van der Waals surface area contributed by atoms with Crippen LogP contribution in [0.1, 0.15) is 30.6 Å². The van der Waals surface area contributed by atoms with Crippen LogP contribution in [0.4, 0.5) is 0 Å². The van der Waals surface area contributed by atoms with Crippen LogP contribution in [0, 0.1) is 6.92 Å². The molecule has 0 heterocycles. The Bertz CT molecular complexity index is 536. The molecule has 0 fully saturated rings. The number of rotatable bonds is 5. The molecular weight excluding hydrogens is 270 g/mol. The smallest absolute Gasteiger partial charge is 0.139 e. The second-order valence-electron chi connectivity index (χ2n) is 4.98. The molecule has 2 N–H and O–H groups in total. The van der Waals surface area contributed by atoms with Gasteiger partial charge in [0.05, 0.1) is 0 Å². The van der Waals surface area contributed by atoms with Crippen molar-refractivity contribution < 1.29 is 4.74 Å². The Labute approximate surface area is 125 Å². The highest BCUT2D eigenvalue weighted by atomic mass is 35.5. The molecule has 20 heavy (non-hydrogen) atoms. The summed E-state index contributed by atoms with van der Waals surface area (Å²) < 4.78 is 6.08. The zero-order chi connectivity index (χ0) is 14.5. The molecule has 3 heteroatoms. The van der Waals surface area contributed by atoms with E-state index >= 15 is 0 Å². The van der Waals surface area contributed by atoms with Crippen molar-refractivity contribution in [3.63, 3.8) is 0 Å². The van der Waals surface area contributed by atoms with Crippen LogP contribution in [0.5, 0.6) is 5.75 Å². The number of aryl methyl sites for hydroxylation is 1. The van der Waals surface area contributed by atoms with Crippen LogP contribution in [0.3, 0.4) is 0 Å². The van der Waals surface area contributed by atoms with Crippen molar-refractivity contribution in [3.05, 3.63) is 64.7 Å². The minimum Gasteiger partial charge on any atom is -0.484 e.